The number of benzene rings is 3. The Morgan fingerprint density at radius 1 is 0.967 bits per heavy atom. The lowest BCUT2D eigenvalue weighted by atomic mass is 10.2. The molecule has 1 amide bonds. The molecule has 0 aliphatic rings. The molecule has 0 bridgehead atoms. The van der Waals surface area contributed by atoms with Crippen LogP contribution in [0.5, 0.6) is 17.2 Å². The normalized spacial score (nSPS) is 10.8. The molecule has 6 heteroatoms. The largest absolute Gasteiger partial charge is 0.486 e. The number of nitrogens with zero attached hydrogens (tertiary/aromatic N) is 2. The van der Waals surface area contributed by atoms with E-state index in [9.17, 15) is 4.79 Å². The van der Waals surface area contributed by atoms with Crippen molar-refractivity contribution in [2.75, 3.05) is 5.32 Å². The zero-order valence-corrected chi connectivity index (χ0v) is 17.2. The second-order valence-electron chi connectivity index (χ2n) is 7.15. The van der Waals surface area contributed by atoms with Crippen molar-refractivity contribution >= 4 is 22.6 Å². The Hall–Kier alpha value is -3.80. The minimum Gasteiger partial charge on any atom is -0.486 e. The summed E-state index contributed by atoms with van der Waals surface area (Å²) in [4.78, 5) is 15.8. The number of hydrogen-bond acceptors (Lipinski definition) is 4. The molecule has 4 rings (SSSR count). The van der Waals surface area contributed by atoms with Crippen LogP contribution in [0.3, 0.4) is 0 Å². The van der Waals surface area contributed by atoms with E-state index in [1.54, 1.807) is 12.1 Å². The molecule has 3 aromatic carbocycles. The molecular formula is C24H23N3O3. The predicted octanol–water partition coefficient (Wildman–Crippen LogP) is 5.21. The van der Waals surface area contributed by atoms with E-state index in [0.717, 1.165) is 28.3 Å². The first kappa shape index (κ1) is 19.5. The van der Waals surface area contributed by atoms with Gasteiger partial charge in [-0.25, -0.2) is 4.98 Å². The molecule has 0 radical (unpaired) electrons. The van der Waals surface area contributed by atoms with Gasteiger partial charge in [-0.05, 0) is 55.5 Å². The monoisotopic (exact) mass is 401 g/mol. The summed E-state index contributed by atoms with van der Waals surface area (Å²) in [6.07, 6.45) is 0. The summed E-state index contributed by atoms with van der Waals surface area (Å²) in [6.45, 7) is 3.91. The van der Waals surface area contributed by atoms with Crippen LogP contribution < -0.4 is 14.8 Å². The topological polar surface area (TPSA) is 65.4 Å². The molecule has 30 heavy (non-hydrogen) atoms. The van der Waals surface area contributed by atoms with Gasteiger partial charge in [0.15, 0.2) is 0 Å². The third-order valence-corrected chi connectivity index (χ3v) is 4.74. The maximum atomic E-state index is 11.1. The van der Waals surface area contributed by atoms with Gasteiger partial charge in [0.05, 0.1) is 11.0 Å². The van der Waals surface area contributed by atoms with Crippen LogP contribution in [0.2, 0.25) is 0 Å². The molecule has 0 saturated heterocycles. The number of amides is 1. The third-order valence-electron chi connectivity index (χ3n) is 4.74. The lowest BCUT2D eigenvalue weighted by Crippen LogP contribution is -2.05. The lowest BCUT2D eigenvalue weighted by molar-refractivity contribution is -0.114. The maximum Gasteiger partial charge on any atom is 0.221 e. The molecule has 4 aromatic rings. The van der Waals surface area contributed by atoms with Gasteiger partial charge in [-0.1, -0.05) is 17.7 Å². The van der Waals surface area contributed by atoms with Gasteiger partial charge in [0, 0.05) is 25.7 Å². The van der Waals surface area contributed by atoms with Crippen LogP contribution in [0.1, 0.15) is 18.3 Å². The Labute approximate surface area is 175 Å². The number of nitrogens with one attached hydrogen (secondary N) is 1. The highest BCUT2D eigenvalue weighted by molar-refractivity contribution is 5.88. The highest BCUT2D eigenvalue weighted by Crippen LogP contribution is 2.27. The molecule has 0 atom stereocenters. The number of carbonyl (C=O) groups is 1. The van der Waals surface area contributed by atoms with Crippen molar-refractivity contribution in [1.82, 2.24) is 9.55 Å². The summed E-state index contributed by atoms with van der Waals surface area (Å²) in [6, 6.07) is 21.0. The van der Waals surface area contributed by atoms with E-state index < -0.39 is 0 Å². The molecule has 0 aliphatic carbocycles. The van der Waals surface area contributed by atoms with Gasteiger partial charge in [-0.15, -0.1) is 0 Å². The van der Waals surface area contributed by atoms with Crippen LogP contribution in [0.15, 0.2) is 66.7 Å². The average molecular weight is 401 g/mol. The molecule has 0 saturated carbocycles. The van der Waals surface area contributed by atoms with Crippen LogP contribution in [-0.2, 0) is 18.4 Å². The molecule has 1 aromatic heterocycles. The number of anilines is 1. The number of imidazole rings is 1. The average Bonchev–Trinajstić information content (AvgIpc) is 3.04. The summed E-state index contributed by atoms with van der Waals surface area (Å²) in [7, 11) is 1.97. The van der Waals surface area contributed by atoms with Crippen LogP contribution in [-0.4, -0.2) is 15.5 Å². The van der Waals surface area contributed by atoms with Gasteiger partial charge in [-0.2, -0.15) is 0 Å². The first-order valence-electron chi connectivity index (χ1n) is 9.68. The number of fused-ring (bicyclic) bond motifs is 1. The van der Waals surface area contributed by atoms with Crippen molar-refractivity contribution < 1.29 is 14.3 Å². The second-order valence-corrected chi connectivity index (χ2v) is 7.15. The Balaban J connectivity index is 1.49. The van der Waals surface area contributed by atoms with Crippen LogP contribution in [0.4, 0.5) is 5.69 Å². The Bertz CT molecular complexity index is 1180. The van der Waals surface area contributed by atoms with E-state index in [1.807, 2.05) is 73.1 Å². The van der Waals surface area contributed by atoms with Crippen LogP contribution >= 0.6 is 0 Å². The van der Waals surface area contributed by atoms with Crippen LogP contribution in [0.25, 0.3) is 11.0 Å². The molecule has 1 heterocycles. The number of hydrogen-bond donors (Lipinski definition) is 1. The smallest absolute Gasteiger partial charge is 0.221 e. The Morgan fingerprint density at radius 3 is 2.33 bits per heavy atom. The van der Waals surface area contributed by atoms with Crippen molar-refractivity contribution in [2.24, 2.45) is 7.05 Å². The molecular weight excluding hydrogens is 378 g/mol. The number of ether oxygens (including phenoxy) is 2. The van der Waals surface area contributed by atoms with E-state index >= 15 is 0 Å². The van der Waals surface area contributed by atoms with Crippen LogP contribution in [0, 0.1) is 6.92 Å². The Morgan fingerprint density at radius 2 is 1.63 bits per heavy atom. The molecule has 0 fully saturated rings. The summed E-state index contributed by atoms with van der Waals surface area (Å²) in [5, 5.41) is 2.74. The zero-order valence-electron chi connectivity index (χ0n) is 17.2. The van der Waals surface area contributed by atoms with Gasteiger partial charge in [0.25, 0.3) is 0 Å². The first-order chi connectivity index (χ1) is 14.5. The summed E-state index contributed by atoms with van der Waals surface area (Å²) < 4.78 is 13.9. The third kappa shape index (κ3) is 4.43. The summed E-state index contributed by atoms with van der Waals surface area (Å²) >= 11 is 0. The van der Waals surface area contributed by atoms with E-state index in [2.05, 4.69) is 10.3 Å². The quantitative estimate of drug-likeness (QED) is 0.482. The molecule has 0 aliphatic heterocycles. The van der Waals surface area contributed by atoms with Crippen molar-refractivity contribution in [2.45, 2.75) is 20.5 Å². The van der Waals surface area contributed by atoms with Gasteiger partial charge >= 0.3 is 0 Å². The van der Waals surface area contributed by atoms with Crippen molar-refractivity contribution in [3.05, 3.63) is 78.1 Å². The Kier molecular flexibility index (Phi) is 5.39. The molecule has 1 N–H and O–H groups in total. The number of aromatic nitrogens is 2. The predicted molar refractivity (Wildman–Crippen MR) is 117 cm³/mol. The first-order valence-corrected chi connectivity index (χ1v) is 9.68. The molecule has 0 spiro atoms. The van der Waals surface area contributed by atoms with Gasteiger partial charge < -0.3 is 19.4 Å². The summed E-state index contributed by atoms with van der Waals surface area (Å²) in [5.74, 6) is 2.95. The van der Waals surface area contributed by atoms with E-state index in [1.165, 1.54) is 12.5 Å². The fraction of sp³-hybridized carbons (Fsp3) is 0.167. The minimum atomic E-state index is -0.104. The highest BCUT2D eigenvalue weighted by atomic mass is 16.5. The number of aryl methyl sites for hydroxylation is 2. The van der Waals surface area contributed by atoms with E-state index in [0.29, 0.717) is 18.1 Å². The van der Waals surface area contributed by atoms with Crippen molar-refractivity contribution in [1.29, 1.82) is 0 Å². The number of rotatable bonds is 6. The van der Waals surface area contributed by atoms with E-state index in [-0.39, 0.29) is 5.91 Å². The SMILES string of the molecule is CC(=O)Nc1ccc(Oc2ccc3nc(COc4ccc(C)cc4)n(C)c3c2)cc1. The molecule has 0 unspecified atom stereocenters. The summed E-state index contributed by atoms with van der Waals surface area (Å²) in [5.41, 5.74) is 3.77. The fourth-order valence-corrected chi connectivity index (χ4v) is 3.14. The molecule has 152 valence electrons. The van der Waals surface area contributed by atoms with Crippen molar-refractivity contribution in [3.8, 4) is 17.2 Å². The van der Waals surface area contributed by atoms with Gasteiger partial charge in [-0.3, -0.25) is 4.79 Å². The van der Waals surface area contributed by atoms with Gasteiger partial charge in [0.1, 0.15) is 29.7 Å². The highest BCUT2D eigenvalue weighted by Gasteiger charge is 2.10. The fourth-order valence-electron chi connectivity index (χ4n) is 3.14. The minimum absolute atomic E-state index is 0.104. The number of carbonyl (C=O) groups excluding carboxylic acids is 1. The maximum absolute atomic E-state index is 11.1. The zero-order chi connectivity index (χ0) is 21.1. The molecule has 6 nitrogen and oxygen atoms in total. The second kappa shape index (κ2) is 8.29. The standard InChI is InChI=1S/C24H23N3O3/c1-16-4-8-19(9-5-16)29-15-24-26-22-13-12-21(14-23(22)27(24)3)30-20-10-6-18(7-11-20)25-17(2)28/h4-14H,15H2,1-3H3,(H,25,28). The van der Waals surface area contributed by atoms with Crippen molar-refractivity contribution in [3.63, 3.8) is 0 Å². The van der Waals surface area contributed by atoms with E-state index in [4.69, 9.17) is 9.47 Å². The van der Waals surface area contributed by atoms with Gasteiger partial charge in [0.2, 0.25) is 5.91 Å². The lowest BCUT2D eigenvalue weighted by Gasteiger charge is -2.08.